The van der Waals surface area contributed by atoms with Gasteiger partial charge < -0.3 is 5.11 Å². The molecule has 1 N–H and O–H groups in total. The van der Waals surface area contributed by atoms with Gasteiger partial charge in [0.05, 0.1) is 0 Å². The van der Waals surface area contributed by atoms with Crippen LogP contribution in [0.3, 0.4) is 0 Å². The monoisotopic (exact) mass is 226 g/mol. The quantitative estimate of drug-likeness (QED) is 0.579. The van der Waals surface area contributed by atoms with Gasteiger partial charge in [0.25, 0.3) is 0 Å². The van der Waals surface area contributed by atoms with Crippen molar-refractivity contribution < 1.29 is 22.7 Å². The van der Waals surface area contributed by atoms with E-state index in [2.05, 4.69) is 0 Å². The first-order valence-electron chi connectivity index (χ1n) is 4.99. The van der Waals surface area contributed by atoms with Gasteiger partial charge in [-0.05, 0) is 31.3 Å². The number of halogens is 4. The van der Waals surface area contributed by atoms with Gasteiger partial charge >= 0.3 is 12.3 Å². The highest BCUT2D eigenvalue weighted by Crippen LogP contribution is 2.33. The van der Waals surface area contributed by atoms with Gasteiger partial charge in [0, 0.05) is 0 Å². The normalized spacial score (nSPS) is 21.1. The van der Waals surface area contributed by atoms with Crippen LogP contribution in [0, 0.1) is 0 Å². The number of hydrogen-bond donors (Lipinski definition) is 1. The summed E-state index contributed by atoms with van der Waals surface area (Å²) >= 11 is 0. The summed E-state index contributed by atoms with van der Waals surface area (Å²) in [6.07, 6.45) is -1.43. The van der Waals surface area contributed by atoms with Crippen LogP contribution in [0.1, 0.15) is 32.1 Å². The molecule has 1 rings (SSSR count). The van der Waals surface area contributed by atoms with Gasteiger partial charge in [0.2, 0.25) is 0 Å². The van der Waals surface area contributed by atoms with Gasteiger partial charge in [0.1, 0.15) is 6.10 Å². The Kier molecular flexibility index (Phi) is 4.13. The highest BCUT2D eigenvalue weighted by Gasteiger charge is 2.49. The molecule has 0 heterocycles. The maximum atomic E-state index is 12.8. The Morgan fingerprint density at radius 2 is 1.87 bits per heavy atom. The Morgan fingerprint density at radius 3 is 2.47 bits per heavy atom. The maximum absolute atomic E-state index is 12.8. The lowest BCUT2D eigenvalue weighted by Crippen LogP contribution is -2.41. The summed E-state index contributed by atoms with van der Waals surface area (Å²) in [5, 5.41) is 9.20. The molecule has 0 fully saturated rings. The second kappa shape index (κ2) is 4.96. The Labute approximate surface area is 85.8 Å². The molecule has 0 amide bonds. The van der Waals surface area contributed by atoms with Crippen LogP contribution in [0.25, 0.3) is 0 Å². The molecule has 0 aromatic rings. The van der Waals surface area contributed by atoms with E-state index < -0.39 is 18.5 Å². The predicted molar refractivity (Wildman–Crippen MR) is 48.1 cm³/mol. The van der Waals surface area contributed by atoms with E-state index in [0.29, 0.717) is 12.8 Å². The molecule has 88 valence electrons. The standard InChI is InChI=1S/C10H14F4O/c11-9(12)10(13,14)8(15)7-5-3-1-2-4-6-7/h5,8-9,15H,1-4,6H2. The molecule has 0 radical (unpaired) electrons. The van der Waals surface area contributed by atoms with Crippen molar-refractivity contribution in [2.45, 2.75) is 50.6 Å². The lowest BCUT2D eigenvalue weighted by atomic mass is 9.99. The molecule has 0 saturated heterocycles. The maximum Gasteiger partial charge on any atom is 0.336 e. The van der Waals surface area contributed by atoms with Crippen molar-refractivity contribution in [2.75, 3.05) is 0 Å². The molecule has 1 aliphatic carbocycles. The molecular weight excluding hydrogens is 212 g/mol. The van der Waals surface area contributed by atoms with E-state index in [-0.39, 0.29) is 12.0 Å². The summed E-state index contributed by atoms with van der Waals surface area (Å²) in [7, 11) is 0. The van der Waals surface area contributed by atoms with Crippen LogP contribution in [0.5, 0.6) is 0 Å². The van der Waals surface area contributed by atoms with E-state index in [1.54, 1.807) is 0 Å². The van der Waals surface area contributed by atoms with Crippen molar-refractivity contribution in [1.82, 2.24) is 0 Å². The van der Waals surface area contributed by atoms with E-state index >= 15 is 0 Å². The smallest absolute Gasteiger partial charge is 0.336 e. The Hall–Kier alpha value is -0.580. The van der Waals surface area contributed by atoms with E-state index in [0.717, 1.165) is 12.8 Å². The van der Waals surface area contributed by atoms with Crippen LogP contribution in [-0.2, 0) is 0 Å². The Bertz CT molecular complexity index is 238. The zero-order chi connectivity index (χ0) is 11.5. The first kappa shape index (κ1) is 12.5. The highest BCUT2D eigenvalue weighted by atomic mass is 19.3. The molecular formula is C10H14F4O. The van der Waals surface area contributed by atoms with Crippen LogP contribution in [0.4, 0.5) is 17.6 Å². The van der Waals surface area contributed by atoms with E-state index in [9.17, 15) is 22.7 Å². The number of aliphatic hydroxyl groups is 1. The van der Waals surface area contributed by atoms with Crippen molar-refractivity contribution in [1.29, 1.82) is 0 Å². The first-order chi connectivity index (χ1) is 6.96. The number of alkyl halides is 4. The molecule has 1 atom stereocenters. The first-order valence-corrected chi connectivity index (χ1v) is 4.99. The van der Waals surface area contributed by atoms with Crippen LogP contribution >= 0.6 is 0 Å². The van der Waals surface area contributed by atoms with Crippen LogP contribution in [0.2, 0.25) is 0 Å². The third-order valence-electron chi connectivity index (χ3n) is 2.58. The minimum atomic E-state index is -4.34. The highest BCUT2D eigenvalue weighted by molar-refractivity contribution is 5.13. The zero-order valence-electron chi connectivity index (χ0n) is 8.23. The lowest BCUT2D eigenvalue weighted by Gasteiger charge is -2.23. The summed E-state index contributed by atoms with van der Waals surface area (Å²) in [5.41, 5.74) is 0.0535. The number of aliphatic hydroxyl groups excluding tert-OH is 1. The average Bonchev–Trinajstić information content (AvgIpc) is 2.44. The fourth-order valence-electron chi connectivity index (χ4n) is 1.65. The summed E-state index contributed by atoms with van der Waals surface area (Å²) in [6, 6.07) is 0. The Balaban J connectivity index is 2.73. The summed E-state index contributed by atoms with van der Waals surface area (Å²) < 4.78 is 49.6. The van der Waals surface area contributed by atoms with Gasteiger partial charge in [0.15, 0.2) is 0 Å². The van der Waals surface area contributed by atoms with Crippen molar-refractivity contribution in [3.63, 3.8) is 0 Å². The lowest BCUT2D eigenvalue weighted by molar-refractivity contribution is -0.180. The van der Waals surface area contributed by atoms with Crippen LogP contribution < -0.4 is 0 Å². The summed E-state index contributed by atoms with van der Waals surface area (Å²) in [6.45, 7) is 0. The molecule has 1 nitrogen and oxygen atoms in total. The molecule has 1 aliphatic rings. The van der Waals surface area contributed by atoms with E-state index in [1.165, 1.54) is 6.08 Å². The topological polar surface area (TPSA) is 20.2 Å². The summed E-state index contributed by atoms with van der Waals surface area (Å²) in [4.78, 5) is 0. The summed E-state index contributed by atoms with van der Waals surface area (Å²) in [5.74, 6) is -4.34. The fourth-order valence-corrected chi connectivity index (χ4v) is 1.65. The molecule has 5 heteroatoms. The molecule has 0 aromatic heterocycles. The minimum absolute atomic E-state index is 0.0535. The van der Waals surface area contributed by atoms with Crippen molar-refractivity contribution >= 4 is 0 Å². The van der Waals surface area contributed by atoms with Gasteiger partial charge in [-0.25, -0.2) is 8.78 Å². The third-order valence-corrected chi connectivity index (χ3v) is 2.58. The number of allylic oxidation sites excluding steroid dienone is 1. The van der Waals surface area contributed by atoms with Gasteiger partial charge in [-0.15, -0.1) is 0 Å². The predicted octanol–water partition coefficient (Wildman–Crippen LogP) is 3.14. The molecule has 0 aliphatic heterocycles. The second-order valence-corrected chi connectivity index (χ2v) is 3.76. The molecule has 15 heavy (non-hydrogen) atoms. The molecule has 0 saturated carbocycles. The minimum Gasteiger partial charge on any atom is -0.382 e. The Morgan fingerprint density at radius 1 is 1.20 bits per heavy atom. The third kappa shape index (κ3) is 2.93. The van der Waals surface area contributed by atoms with Crippen molar-refractivity contribution in [3.05, 3.63) is 11.6 Å². The zero-order valence-corrected chi connectivity index (χ0v) is 8.23. The molecule has 0 spiro atoms. The van der Waals surface area contributed by atoms with Crippen molar-refractivity contribution in [2.24, 2.45) is 0 Å². The van der Waals surface area contributed by atoms with Crippen LogP contribution in [0.15, 0.2) is 11.6 Å². The largest absolute Gasteiger partial charge is 0.382 e. The molecule has 0 aromatic carbocycles. The second-order valence-electron chi connectivity index (χ2n) is 3.76. The fraction of sp³-hybridized carbons (Fsp3) is 0.800. The number of hydrogen-bond acceptors (Lipinski definition) is 1. The van der Waals surface area contributed by atoms with Crippen molar-refractivity contribution in [3.8, 4) is 0 Å². The van der Waals surface area contributed by atoms with Gasteiger partial charge in [-0.2, -0.15) is 8.78 Å². The van der Waals surface area contributed by atoms with E-state index in [4.69, 9.17) is 0 Å². The van der Waals surface area contributed by atoms with Gasteiger partial charge in [-0.3, -0.25) is 0 Å². The molecule has 1 unspecified atom stereocenters. The SMILES string of the molecule is OC(C1=CCCCCC1)C(F)(F)C(F)F. The van der Waals surface area contributed by atoms with E-state index in [1.807, 2.05) is 0 Å². The van der Waals surface area contributed by atoms with Crippen LogP contribution in [-0.4, -0.2) is 23.6 Å². The van der Waals surface area contributed by atoms with Gasteiger partial charge in [-0.1, -0.05) is 12.5 Å². The number of rotatable bonds is 3. The molecule has 0 bridgehead atoms. The average molecular weight is 226 g/mol.